The molecular weight excluding hydrogens is 208 g/mol. The highest BCUT2D eigenvalue weighted by Gasteiger charge is 2.24. The van der Waals surface area contributed by atoms with Crippen LogP contribution in [0, 0.1) is 5.92 Å². The van der Waals surface area contributed by atoms with Gasteiger partial charge >= 0.3 is 0 Å². The molecule has 1 aromatic rings. The molecule has 1 aliphatic heterocycles. The molecule has 1 aromatic carbocycles. The Kier molecular flexibility index (Phi) is 4.57. The molecule has 1 N–H and O–H groups in total. The lowest BCUT2D eigenvalue weighted by molar-refractivity contribution is 0.142. The molecule has 1 saturated heterocycles. The lowest BCUT2D eigenvalue weighted by atomic mass is 9.93. The number of piperidine rings is 1. The van der Waals surface area contributed by atoms with Crippen molar-refractivity contribution in [2.45, 2.75) is 32.9 Å². The van der Waals surface area contributed by atoms with Crippen molar-refractivity contribution >= 4 is 0 Å². The van der Waals surface area contributed by atoms with Gasteiger partial charge < -0.3 is 5.32 Å². The topological polar surface area (TPSA) is 15.3 Å². The van der Waals surface area contributed by atoms with Crippen molar-refractivity contribution in [1.82, 2.24) is 10.2 Å². The highest BCUT2D eigenvalue weighted by atomic mass is 15.1. The van der Waals surface area contributed by atoms with E-state index in [9.17, 15) is 0 Å². The van der Waals surface area contributed by atoms with Crippen LogP contribution in [0.3, 0.4) is 0 Å². The summed E-state index contributed by atoms with van der Waals surface area (Å²) in [7, 11) is 0. The first-order chi connectivity index (χ1) is 8.29. The largest absolute Gasteiger partial charge is 0.314 e. The lowest BCUT2D eigenvalue weighted by Crippen LogP contribution is -2.47. The van der Waals surface area contributed by atoms with Gasteiger partial charge in [0.1, 0.15) is 0 Å². The molecule has 1 heterocycles. The minimum Gasteiger partial charge on any atom is -0.314 e. The van der Waals surface area contributed by atoms with Gasteiger partial charge in [-0.25, -0.2) is 0 Å². The van der Waals surface area contributed by atoms with E-state index in [4.69, 9.17) is 0 Å². The summed E-state index contributed by atoms with van der Waals surface area (Å²) in [6.45, 7) is 9.19. The van der Waals surface area contributed by atoms with Crippen molar-refractivity contribution < 1.29 is 0 Å². The van der Waals surface area contributed by atoms with Crippen molar-refractivity contribution in [1.29, 1.82) is 0 Å². The Balaban J connectivity index is 1.85. The minimum atomic E-state index is 0.715. The van der Waals surface area contributed by atoms with Gasteiger partial charge in [-0.15, -0.1) is 0 Å². The first-order valence-corrected chi connectivity index (χ1v) is 6.79. The lowest BCUT2D eigenvalue weighted by Gasteiger charge is -2.37. The highest BCUT2D eigenvalue weighted by molar-refractivity contribution is 5.14. The average Bonchev–Trinajstić information content (AvgIpc) is 2.34. The van der Waals surface area contributed by atoms with E-state index in [0.29, 0.717) is 6.04 Å². The van der Waals surface area contributed by atoms with E-state index in [2.05, 4.69) is 54.4 Å². The van der Waals surface area contributed by atoms with E-state index in [1.165, 1.54) is 25.1 Å². The van der Waals surface area contributed by atoms with Crippen LogP contribution in [-0.2, 0) is 6.54 Å². The van der Waals surface area contributed by atoms with Gasteiger partial charge in [0, 0.05) is 19.1 Å². The summed E-state index contributed by atoms with van der Waals surface area (Å²) in [5.74, 6) is 0.757. The molecule has 17 heavy (non-hydrogen) atoms. The maximum absolute atomic E-state index is 3.59. The Morgan fingerprint density at radius 3 is 2.71 bits per heavy atom. The number of hydrogen-bond acceptors (Lipinski definition) is 2. The number of hydrogen-bond donors (Lipinski definition) is 1. The molecule has 94 valence electrons. The van der Waals surface area contributed by atoms with Gasteiger partial charge in [0.2, 0.25) is 0 Å². The smallest absolute Gasteiger partial charge is 0.0233 e. The predicted octanol–water partition coefficient (Wildman–Crippen LogP) is 2.51. The van der Waals surface area contributed by atoms with Gasteiger partial charge in [-0.05, 0) is 31.0 Å². The van der Waals surface area contributed by atoms with Gasteiger partial charge in [-0.1, -0.05) is 44.2 Å². The number of benzene rings is 1. The van der Waals surface area contributed by atoms with E-state index in [-0.39, 0.29) is 0 Å². The van der Waals surface area contributed by atoms with Crippen LogP contribution in [0.15, 0.2) is 30.3 Å². The zero-order valence-corrected chi connectivity index (χ0v) is 11.0. The van der Waals surface area contributed by atoms with Crippen LogP contribution in [-0.4, -0.2) is 30.6 Å². The molecule has 0 bridgehead atoms. The van der Waals surface area contributed by atoms with E-state index in [1.54, 1.807) is 0 Å². The van der Waals surface area contributed by atoms with E-state index in [0.717, 1.165) is 19.0 Å². The zero-order valence-electron chi connectivity index (χ0n) is 11.0. The fraction of sp³-hybridized carbons (Fsp3) is 0.600. The standard InChI is InChI=1S/C15H24N2/c1-3-16-15-9-10-17(11-13(15)2)12-14-7-5-4-6-8-14/h4-8,13,15-16H,3,9-12H2,1-2H3. The maximum atomic E-state index is 3.59. The minimum absolute atomic E-state index is 0.715. The van der Waals surface area contributed by atoms with Crippen LogP contribution in [0.2, 0.25) is 0 Å². The monoisotopic (exact) mass is 232 g/mol. The van der Waals surface area contributed by atoms with Crippen molar-refractivity contribution in [2.75, 3.05) is 19.6 Å². The van der Waals surface area contributed by atoms with Crippen LogP contribution < -0.4 is 5.32 Å². The van der Waals surface area contributed by atoms with Crippen molar-refractivity contribution in [2.24, 2.45) is 5.92 Å². The van der Waals surface area contributed by atoms with Gasteiger partial charge in [0.05, 0.1) is 0 Å². The molecule has 1 aliphatic rings. The van der Waals surface area contributed by atoms with Gasteiger partial charge in [0.15, 0.2) is 0 Å². The summed E-state index contributed by atoms with van der Waals surface area (Å²) in [5.41, 5.74) is 1.43. The summed E-state index contributed by atoms with van der Waals surface area (Å²) in [6, 6.07) is 11.5. The number of likely N-dealkylation sites (tertiary alicyclic amines) is 1. The van der Waals surface area contributed by atoms with E-state index in [1.807, 2.05) is 0 Å². The van der Waals surface area contributed by atoms with Crippen LogP contribution in [0.5, 0.6) is 0 Å². The molecule has 1 fully saturated rings. The quantitative estimate of drug-likeness (QED) is 0.858. The number of nitrogens with zero attached hydrogens (tertiary/aromatic N) is 1. The van der Waals surface area contributed by atoms with Crippen LogP contribution in [0.4, 0.5) is 0 Å². The normalized spacial score (nSPS) is 26.0. The third-order valence-corrected chi connectivity index (χ3v) is 3.70. The Morgan fingerprint density at radius 1 is 1.29 bits per heavy atom. The number of nitrogens with one attached hydrogen (secondary N) is 1. The molecule has 2 unspecified atom stereocenters. The Bertz CT molecular complexity index is 323. The molecule has 2 rings (SSSR count). The third-order valence-electron chi connectivity index (χ3n) is 3.70. The fourth-order valence-corrected chi connectivity index (χ4v) is 2.78. The molecule has 0 saturated carbocycles. The predicted molar refractivity (Wildman–Crippen MR) is 73.0 cm³/mol. The molecule has 2 atom stereocenters. The first kappa shape index (κ1) is 12.6. The summed E-state index contributed by atoms with van der Waals surface area (Å²) in [5, 5.41) is 3.59. The second-order valence-corrected chi connectivity index (χ2v) is 5.15. The summed E-state index contributed by atoms with van der Waals surface area (Å²) in [4.78, 5) is 2.58. The molecule has 0 aliphatic carbocycles. The van der Waals surface area contributed by atoms with Crippen molar-refractivity contribution in [3.8, 4) is 0 Å². The molecule has 2 nitrogen and oxygen atoms in total. The highest BCUT2D eigenvalue weighted by Crippen LogP contribution is 2.18. The summed E-state index contributed by atoms with van der Waals surface area (Å²) in [6.07, 6.45) is 1.28. The number of rotatable bonds is 4. The second kappa shape index (κ2) is 6.18. The van der Waals surface area contributed by atoms with Crippen LogP contribution in [0.25, 0.3) is 0 Å². The fourth-order valence-electron chi connectivity index (χ4n) is 2.78. The van der Waals surface area contributed by atoms with Crippen molar-refractivity contribution in [3.05, 3.63) is 35.9 Å². The summed E-state index contributed by atoms with van der Waals surface area (Å²) >= 11 is 0. The van der Waals surface area contributed by atoms with Crippen LogP contribution in [0.1, 0.15) is 25.8 Å². The van der Waals surface area contributed by atoms with Crippen LogP contribution >= 0.6 is 0 Å². The maximum Gasteiger partial charge on any atom is 0.0233 e. The third kappa shape index (κ3) is 3.55. The first-order valence-electron chi connectivity index (χ1n) is 6.79. The molecule has 0 radical (unpaired) electrons. The average molecular weight is 232 g/mol. The second-order valence-electron chi connectivity index (χ2n) is 5.15. The molecule has 2 heteroatoms. The van der Waals surface area contributed by atoms with Crippen molar-refractivity contribution in [3.63, 3.8) is 0 Å². The SMILES string of the molecule is CCNC1CCN(Cc2ccccc2)CC1C. The van der Waals surface area contributed by atoms with Gasteiger partial charge in [-0.3, -0.25) is 4.90 Å². The van der Waals surface area contributed by atoms with Gasteiger partial charge in [-0.2, -0.15) is 0 Å². The molecule has 0 amide bonds. The molecular formula is C15H24N2. The summed E-state index contributed by atoms with van der Waals surface area (Å²) < 4.78 is 0. The Labute approximate surface area is 105 Å². The van der Waals surface area contributed by atoms with E-state index < -0.39 is 0 Å². The Morgan fingerprint density at radius 2 is 2.06 bits per heavy atom. The Hall–Kier alpha value is -0.860. The van der Waals surface area contributed by atoms with E-state index >= 15 is 0 Å². The van der Waals surface area contributed by atoms with Gasteiger partial charge in [0.25, 0.3) is 0 Å². The zero-order chi connectivity index (χ0) is 12.1. The molecule has 0 spiro atoms. The molecule has 0 aromatic heterocycles.